The molecular formula is C15H15N3O3S. The predicted molar refractivity (Wildman–Crippen MR) is 84.8 cm³/mol. The number of nitrogens with one attached hydrogen (secondary N) is 1. The third-order valence-electron chi connectivity index (χ3n) is 3.33. The fourth-order valence-corrected chi connectivity index (χ4v) is 3.24. The Hall–Kier alpha value is -2.41. The second kappa shape index (κ2) is 5.76. The lowest BCUT2D eigenvalue weighted by Gasteiger charge is -2.14. The number of rotatable bonds is 4. The van der Waals surface area contributed by atoms with Gasteiger partial charge in [-0.15, -0.1) is 0 Å². The molecule has 6 nitrogen and oxygen atoms in total. The third kappa shape index (κ3) is 2.33. The average Bonchev–Trinajstić information content (AvgIpc) is 2.96. The molecule has 2 aromatic heterocycles. The second-order valence-electron chi connectivity index (χ2n) is 4.61. The van der Waals surface area contributed by atoms with E-state index in [4.69, 9.17) is 9.47 Å². The van der Waals surface area contributed by atoms with Gasteiger partial charge in [0.05, 0.1) is 47.8 Å². The van der Waals surface area contributed by atoms with Crippen LogP contribution >= 0.6 is 0 Å². The number of methoxy groups -OCH3 is 2. The minimum absolute atomic E-state index is 0.493. The first-order valence-electron chi connectivity index (χ1n) is 6.54. The molecule has 114 valence electrons. The Morgan fingerprint density at radius 1 is 1.18 bits per heavy atom. The zero-order valence-electron chi connectivity index (χ0n) is 12.4. The fraction of sp³-hybridized carbons (Fsp3) is 0.200. The number of fused-ring (bicyclic) bond motifs is 1. The van der Waals surface area contributed by atoms with Crippen LogP contribution in [0.3, 0.4) is 0 Å². The van der Waals surface area contributed by atoms with Gasteiger partial charge in [-0.05, 0) is 18.2 Å². The quantitative estimate of drug-likeness (QED) is 0.799. The number of H-pyrrole nitrogens is 1. The van der Waals surface area contributed by atoms with E-state index in [-0.39, 0.29) is 0 Å². The lowest BCUT2D eigenvalue weighted by Crippen LogP contribution is -2.00. The lowest BCUT2D eigenvalue weighted by atomic mass is 10.2. The van der Waals surface area contributed by atoms with Crippen molar-refractivity contribution >= 4 is 21.8 Å². The van der Waals surface area contributed by atoms with Gasteiger partial charge < -0.3 is 14.5 Å². The number of pyridine rings is 1. The van der Waals surface area contributed by atoms with Crippen molar-refractivity contribution in [2.75, 3.05) is 20.5 Å². The standard InChI is InChI=1S/C15H15N3O3S/c1-20-12-5-4-9(13(21-2)14(12)22(3)19)15-17-10-6-7-16-8-11(10)18-15/h4-8H,1-3H3,(H,17,18). The summed E-state index contributed by atoms with van der Waals surface area (Å²) in [5, 5.41) is 0. The Kier molecular flexibility index (Phi) is 3.81. The minimum Gasteiger partial charge on any atom is -0.495 e. The maximum atomic E-state index is 12.1. The Labute approximate surface area is 130 Å². The molecule has 0 aliphatic rings. The topological polar surface area (TPSA) is 77.1 Å². The summed E-state index contributed by atoms with van der Waals surface area (Å²) in [5.74, 6) is 1.65. The fourth-order valence-electron chi connectivity index (χ4n) is 2.35. The Balaban J connectivity index is 2.26. The van der Waals surface area contributed by atoms with Gasteiger partial charge in [0, 0.05) is 12.5 Å². The summed E-state index contributed by atoms with van der Waals surface area (Å²) in [7, 11) is 1.82. The van der Waals surface area contributed by atoms with E-state index in [1.54, 1.807) is 31.8 Å². The van der Waals surface area contributed by atoms with Crippen LogP contribution in [0.4, 0.5) is 0 Å². The van der Waals surface area contributed by atoms with Crippen LogP contribution in [0.1, 0.15) is 0 Å². The van der Waals surface area contributed by atoms with E-state index < -0.39 is 10.8 Å². The summed E-state index contributed by atoms with van der Waals surface area (Å²) in [5.41, 5.74) is 2.36. The van der Waals surface area contributed by atoms with E-state index in [2.05, 4.69) is 15.0 Å². The number of hydrogen-bond donors (Lipinski definition) is 1. The van der Waals surface area contributed by atoms with Crippen LogP contribution in [0.5, 0.6) is 11.5 Å². The highest BCUT2D eigenvalue weighted by molar-refractivity contribution is 7.84. The predicted octanol–water partition coefficient (Wildman–Crippen LogP) is 2.38. The van der Waals surface area contributed by atoms with Crippen molar-refractivity contribution in [2.45, 2.75) is 4.90 Å². The number of aromatic nitrogens is 3. The van der Waals surface area contributed by atoms with E-state index in [9.17, 15) is 4.21 Å². The van der Waals surface area contributed by atoms with Crippen LogP contribution in [0, 0.1) is 0 Å². The number of nitrogens with zero attached hydrogens (tertiary/aromatic N) is 2. The van der Waals surface area contributed by atoms with Crippen molar-refractivity contribution in [3.63, 3.8) is 0 Å². The van der Waals surface area contributed by atoms with Gasteiger partial charge in [-0.3, -0.25) is 9.19 Å². The molecule has 0 aliphatic heterocycles. The van der Waals surface area contributed by atoms with Crippen molar-refractivity contribution in [1.82, 2.24) is 15.0 Å². The Morgan fingerprint density at radius 3 is 2.64 bits per heavy atom. The molecule has 0 fully saturated rings. The van der Waals surface area contributed by atoms with Crippen LogP contribution in [-0.4, -0.2) is 39.6 Å². The number of benzene rings is 1. The molecule has 1 aromatic carbocycles. The summed E-state index contributed by atoms with van der Waals surface area (Å²) in [6.07, 6.45) is 4.98. The first kappa shape index (κ1) is 14.5. The molecule has 1 N–H and O–H groups in total. The van der Waals surface area contributed by atoms with Crippen LogP contribution in [0.25, 0.3) is 22.4 Å². The summed E-state index contributed by atoms with van der Waals surface area (Å²) in [6, 6.07) is 5.42. The second-order valence-corrected chi connectivity index (χ2v) is 5.93. The normalized spacial score (nSPS) is 12.3. The SMILES string of the molecule is COc1ccc(-c2nc3ccncc3[nH]2)c(OC)c1S(C)=O. The summed E-state index contributed by atoms with van der Waals surface area (Å²) >= 11 is 0. The maximum Gasteiger partial charge on any atom is 0.149 e. The van der Waals surface area contributed by atoms with Crippen LogP contribution in [0.15, 0.2) is 35.5 Å². The molecule has 0 saturated heterocycles. The summed E-state index contributed by atoms with van der Waals surface area (Å²) < 4.78 is 22.8. The minimum atomic E-state index is -1.26. The van der Waals surface area contributed by atoms with Gasteiger partial charge in [-0.1, -0.05) is 0 Å². The first-order valence-corrected chi connectivity index (χ1v) is 8.10. The van der Waals surface area contributed by atoms with Gasteiger partial charge in [0.1, 0.15) is 22.2 Å². The van der Waals surface area contributed by atoms with E-state index in [1.165, 1.54) is 7.11 Å². The smallest absolute Gasteiger partial charge is 0.149 e. The molecule has 22 heavy (non-hydrogen) atoms. The first-order chi connectivity index (χ1) is 10.7. The van der Waals surface area contributed by atoms with Gasteiger partial charge in [0.2, 0.25) is 0 Å². The van der Waals surface area contributed by atoms with Crippen LogP contribution in [0.2, 0.25) is 0 Å². The number of hydrogen-bond acceptors (Lipinski definition) is 5. The number of aromatic amines is 1. The van der Waals surface area contributed by atoms with E-state index in [1.807, 2.05) is 12.1 Å². The largest absolute Gasteiger partial charge is 0.495 e. The average molecular weight is 317 g/mol. The summed E-state index contributed by atoms with van der Waals surface area (Å²) in [4.78, 5) is 12.3. The van der Waals surface area contributed by atoms with Crippen molar-refractivity contribution in [3.8, 4) is 22.9 Å². The number of imidazole rings is 1. The zero-order chi connectivity index (χ0) is 15.7. The Bertz CT molecular complexity index is 827. The molecule has 0 bridgehead atoms. The van der Waals surface area contributed by atoms with Gasteiger partial charge in [0.15, 0.2) is 0 Å². The molecule has 0 saturated carbocycles. The van der Waals surface area contributed by atoms with E-state index >= 15 is 0 Å². The lowest BCUT2D eigenvalue weighted by molar-refractivity contribution is 0.376. The van der Waals surface area contributed by atoms with Gasteiger partial charge in [-0.25, -0.2) is 4.98 Å². The molecule has 3 rings (SSSR count). The summed E-state index contributed by atoms with van der Waals surface area (Å²) in [6.45, 7) is 0. The van der Waals surface area contributed by atoms with Crippen molar-refractivity contribution in [3.05, 3.63) is 30.6 Å². The van der Waals surface area contributed by atoms with Crippen LogP contribution < -0.4 is 9.47 Å². The molecule has 7 heteroatoms. The highest BCUT2D eigenvalue weighted by Gasteiger charge is 2.20. The zero-order valence-corrected chi connectivity index (χ0v) is 13.2. The molecule has 0 amide bonds. The van der Waals surface area contributed by atoms with Gasteiger partial charge in [0.25, 0.3) is 0 Å². The molecule has 2 heterocycles. The van der Waals surface area contributed by atoms with Gasteiger partial charge in [-0.2, -0.15) is 0 Å². The third-order valence-corrected chi connectivity index (χ3v) is 4.29. The van der Waals surface area contributed by atoms with Crippen molar-refractivity contribution in [2.24, 2.45) is 0 Å². The molecular weight excluding hydrogens is 302 g/mol. The molecule has 0 aliphatic carbocycles. The van der Waals surface area contributed by atoms with Crippen molar-refractivity contribution < 1.29 is 13.7 Å². The van der Waals surface area contributed by atoms with Crippen LogP contribution in [-0.2, 0) is 10.8 Å². The van der Waals surface area contributed by atoms with Gasteiger partial charge >= 0.3 is 0 Å². The number of ether oxygens (including phenoxy) is 2. The molecule has 1 unspecified atom stereocenters. The molecule has 0 spiro atoms. The highest BCUT2D eigenvalue weighted by atomic mass is 32.2. The van der Waals surface area contributed by atoms with Crippen molar-refractivity contribution in [1.29, 1.82) is 0 Å². The monoisotopic (exact) mass is 317 g/mol. The van der Waals surface area contributed by atoms with E-state index in [0.29, 0.717) is 22.2 Å². The highest BCUT2D eigenvalue weighted by Crippen LogP contribution is 2.39. The molecule has 0 radical (unpaired) electrons. The molecule has 3 aromatic rings. The van der Waals surface area contributed by atoms with E-state index in [0.717, 1.165) is 16.6 Å². The molecule has 1 atom stereocenters. The Morgan fingerprint density at radius 2 is 2.00 bits per heavy atom. The maximum absolute atomic E-state index is 12.1.